The van der Waals surface area contributed by atoms with Gasteiger partial charge in [-0.05, 0) is 19.3 Å². The standard InChI is InChI=1S/C9H16N4/c1-13-8-6-4-2-3-5-7(10)9(8)11-12-13/h7H,2-6,10H2,1H3. The lowest BCUT2D eigenvalue weighted by molar-refractivity contribution is 0.530. The normalized spacial score (nSPS) is 23.4. The molecule has 4 heteroatoms. The molecule has 0 bridgehead atoms. The molecule has 1 aliphatic carbocycles. The lowest BCUT2D eigenvalue weighted by Crippen LogP contribution is -2.15. The molecule has 1 atom stereocenters. The van der Waals surface area contributed by atoms with Gasteiger partial charge in [-0.2, -0.15) is 0 Å². The number of aromatic nitrogens is 3. The molecule has 0 amide bonds. The predicted molar refractivity (Wildman–Crippen MR) is 50.1 cm³/mol. The molecule has 1 aliphatic rings. The van der Waals surface area contributed by atoms with Crippen LogP contribution in [0.5, 0.6) is 0 Å². The Morgan fingerprint density at radius 3 is 3.08 bits per heavy atom. The van der Waals surface area contributed by atoms with Crippen LogP contribution in [0.4, 0.5) is 0 Å². The first-order valence-corrected chi connectivity index (χ1v) is 4.93. The summed E-state index contributed by atoms with van der Waals surface area (Å²) in [6.45, 7) is 0. The Labute approximate surface area is 78.1 Å². The zero-order chi connectivity index (χ0) is 9.26. The molecule has 0 radical (unpaired) electrons. The number of fused-ring (bicyclic) bond motifs is 1. The lowest BCUT2D eigenvalue weighted by atomic mass is 9.98. The number of nitrogens with zero attached hydrogens (tertiary/aromatic N) is 3. The predicted octanol–water partition coefficient (Wildman–Crippen LogP) is 0.931. The van der Waals surface area contributed by atoms with Crippen molar-refractivity contribution in [3.8, 4) is 0 Å². The van der Waals surface area contributed by atoms with Gasteiger partial charge in [-0.15, -0.1) is 5.10 Å². The summed E-state index contributed by atoms with van der Waals surface area (Å²) in [7, 11) is 1.94. The van der Waals surface area contributed by atoms with Gasteiger partial charge in [-0.1, -0.05) is 18.1 Å². The summed E-state index contributed by atoms with van der Waals surface area (Å²) < 4.78 is 1.86. The van der Waals surface area contributed by atoms with E-state index in [9.17, 15) is 0 Å². The van der Waals surface area contributed by atoms with Crippen LogP contribution >= 0.6 is 0 Å². The van der Waals surface area contributed by atoms with Crippen LogP contribution in [0.25, 0.3) is 0 Å². The third-order valence-electron chi connectivity index (χ3n) is 2.75. The molecule has 2 N–H and O–H groups in total. The van der Waals surface area contributed by atoms with E-state index in [-0.39, 0.29) is 6.04 Å². The highest BCUT2D eigenvalue weighted by atomic mass is 15.4. The summed E-state index contributed by atoms with van der Waals surface area (Å²) in [4.78, 5) is 0. The van der Waals surface area contributed by atoms with E-state index in [1.807, 2.05) is 11.7 Å². The molecule has 72 valence electrons. The summed E-state index contributed by atoms with van der Waals surface area (Å²) in [6.07, 6.45) is 5.86. The van der Waals surface area contributed by atoms with E-state index in [0.717, 1.165) is 18.5 Å². The van der Waals surface area contributed by atoms with Crippen molar-refractivity contribution in [3.05, 3.63) is 11.4 Å². The minimum Gasteiger partial charge on any atom is -0.323 e. The van der Waals surface area contributed by atoms with Crippen molar-refractivity contribution in [2.45, 2.75) is 38.1 Å². The van der Waals surface area contributed by atoms with Crippen LogP contribution < -0.4 is 5.73 Å². The molecule has 2 rings (SSSR count). The number of rotatable bonds is 0. The Bertz CT molecular complexity index is 292. The summed E-state index contributed by atoms with van der Waals surface area (Å²) in [5.41, 5.74) is 8.26. The Hall–Kier alpha value is -0.900. The van der Waals surface area contributed by atoms with Crippen LogP contribution in [-0.2, 0) is 13.5 Å². The average Bonchev–Trinajstić information content (AvgIpc) is 2.43. The molecule has 13 heavy (non-hydrogen) atoms. The second-order valence-electron chi connectivity index (χ2n) is 3.75. The van der Waals surface area contributed by atoms with Gasteiger partial charge in [0.15, 0.2) is 0 Å². The summed E-state index contributed by atoms with van der Waals surface area (Å²) >= 11 is 0. The van der Waals surface area contributed by atoms with Gasteiger partial charge in [0.2, 0.25) is 0 Å². The van der Waals surface area contributed by atoms with E-state index in [2.05, 4.69) is 10.3 Å². The van der Waals surface area contributed by atoms with Gasteiger partial charge in [0, 0.05) is 7.05 Å². The quantitative estimate of drug-likeness (QED) is 0.646. The highest BCUT2D eigenvalue weighted by Crippen LogP contribution is 2.23. The zero-order valence-electron chi connectivity index (χ0n) is 8.03. The molecule has 1 aromatic rings. The summed E-state index contributed by atoms with van der Waals surface area (Å²) in [6, 6.07) is 0.101. The molecule has 1 aromatic heterocycles. The van der Waals surface area contributed by atoms with Crippen LogP contribution in [0.3, 0.4) is 0 Å². The van der Waals surface area contributed by atoms with Gasteiger partial charge in [0.05, 0.1) is 11.7 Å². The first kappa shape index (κ1) is 8.69. The Morgan fingerprint density at radius 1 is 1.38 bits per heavy atom. The minimum absolute atomic E-state index is 0.101. The van der Waals surface area contributed by atoms with E-state index in [0.29, 0.717) is 0 Å². The maximum absolute atomic E-state index is 6.01. The third kappa shape index (κ3) is 1.58. The van der Waals surface area contributed by atoms with E-state index < -0.39 is 0 Å². The minimum atomic E-state index is 0.101. The first-order valence-electron chi connectivity index (χ1n) is 4.93. The molecule has 0 spiro atoms. The fraction of sp³-hybridized carbons (Fsp3) is 0.778. The van der Waals surface area contributed by atoms with E-state index in [1.165, 1.54) is 25.0 Å². The topological polar surface area (TPSA) is 56.7 Å². The van der Waals surface area contributed by atoms with Crippen molar-refractivity contribution in [1.82, 2.24) is 15.0 Å². The van der Waals surface area contributed by atoms with Crippen molar-refractivity contribution in [2.75, 3.05) is 0 Å². The van der Waals surface area contributed by atoms with Gasteiger partial charge in [-0.3, -0.25) is 4.68 Å². The van der Waals surface area contributed by atoms with Gasteiger partial charge >= 0.3 is 0 Å². The smallest absolute Gasteiger partial charge is 0.103 e. The highest BCUT2D eigenvalue weighted by molar-refractivity contribution is 5.15. The third-order valence-corrected chi connectivity index (χ3v) is 2.75. The second-order valence-corrected chi connectivity index (χ2v) is 3.75. The molecule has 0 saturated carbocycles. The molecule has 4 nitrogen and oxygen atoms in total. The van der Waals surface area contributed by atoms with Crippen molar-refractivity contribution in [1.29, 1.82) is 0 Å². The van der Waals surface area contributed by atoms with Crippen molar-refractivity contribution < 1.29 is 0 Å². The van der Waals surface area contributed by atoms with Gasteiger partial charge in [0.25, 0.3) is 0 Å². The number of hydrogen-bond acceptors (Lipinski definition) is 3. The van der Waals surface area contributed by atoms with E-state index >= 15 is 0 Å². The van der Waals surface area contributed by atoms with Crippen LogP contribution in [0, 0.1) is 0 Å². The van der Waals surface area contributed by atoms with E-state index in [4.69, 9.17) is 5.73 Å². The van der Waals surface area contributed by atoms with Crippen molar-refractivity contribution in [2.24, 2.45) is 12.8 Å². The van der Waals surface area contributed by atoms with E-state index in [1.54, 1.807) is 0 Å². The Balaban J connectivity index is 2.33. The SMILES string of the molecule is Cn1nnc2c1CCCCCC2N. The zero-order valence-corrected chi connectivity index (χ0v) is 8.03. The molecule has 0 aliphatic heterocycles. The highest BCUT2D eigenvalue weighted by Gasteiger charge is 2.18. The second kappa shape index (κ2) is 3.46. The maximum atomic E-state index is 6.01. The first-order chi connectivity index (χ1) is 6.29. The molecule has 0 saturated heterocycles. The largest absolute Gasteiger partial charge is 0.323 e. The Morgan fingerprint density at radius 2 is 2.23 bits per heavy atom. The van der Waals surface area contributed by atoms with Crippen LogP contribution in [-0.4, -0.2) is 15.0 Å². The molecule has 0 fully saturated rings. The summed E-state index contributed by atoms with van der Waals surface area (Å²) in [5, 5.41) is 8.15. The fourth-order valence-corrected chi connectivity index (χ4v) is 1.94. The lowest BCUT2D eigenvalue weighted by Gasteiger charge is -2.14. The maximum Gasteiger partial charge on any atom is 0.103 e. The Kier molecular flexibility index (Phi) is 2.31. The van der Waals surface area contributed by atoms with Crippen LogP contribution in [0.15, 0.2) is 0 Å². The molecule has 0 aromatic carbocycles. The molecular weight excluding hydrogens is 164 g/mol. The molecular formula is C9H16N4. The van der Waals surface area contributed by atoms with Crippen LogP contribution in [0.1, 0.15) is 43.1 Å². The monoisotopic (exact) mass is 180 g/mol. The fourth-order valence-electron chi connectivity index (χ4n) is 1.94. The number of nitrogens with two attached hydrogens (primary N) is 1. The van der Waals surface area contributed by atoms with Gasteiger partial charge in [0.1, 0.15) is 5.69 Å². The number of hydrogen-bond donors (Lipinski definition) is 1. The van der Waals surface area contributed by atoms with Gasteiger partial charge < -0.3 is 5.73 Å². The number of aryl methyl sites for hydroxylation is 1. The van der Waals surface area contributed by atoms with Crippen molar-refractivity contribution in [3.63, 3.8) is 0 Å². The average molecular weight is 180 g/mol. The molecule has 1 unspecified atom stereocenters. The van der Waals surface area contributed by atoms with Crippen molar-refractivity contribution >= 4 is 0 Å². The van der Waals surface area contributed by atoms with Crippen LogP contribution in [0.2, 0.25) is 0 Å². The summed E-state index contributed by atoms with van der Waals surface area (Å²) in [5.74, 6) is 0. The molecule has 1 heterocycles. The van der Waals surface area contributed by atoms with Gasteiger partial charge in [-0.25, -0.2) is 0 Å².